The SMILES string of the molecule is CC(=CO)c1ccccc1N=C1CC(C)C(C)C1. The van der Waals surface area contributed by atoms with Crippen LogP contribution in [0.2, 0.25) is 0 Å². The Kier molecular flexibility index (Phi) is 3.85. The maximum absolute atomic E-state index is 9.15. The number of para-hydroxylation sites is 1. The molecule has 2 unspecified atom stereocenters. The van der Waals surface area contributed by atoms with E-state index in [0.717, 1.165) is 47.8 Å². The maximum Gasteiger partial charge on any atom is 0.0827 e. The third-order valence-electron chi connectivity index (χ3n) is 3.89. The molecule has 2 rings (SSSR count). The second kappa shape index (κ2) is 5.38. The summed E-state index contributed by atoms with van der Waals surface area (Å²) in [4.78, 5) is 4.79. The molecule has 0 radical (unpaired) electrons. The Balaban J connectivity index is 2.33. The molecular weight excluding hydrogens is 222 g/mol. The molecule has 96 valence electrons. The molecule has 1 fully saturated rings. The number of hydrogen-bond donors (Lipinski definition) is 1. The highest BCUT2D eigenvalue weighted by molar-refractivity contribution is 5.90. The Morgan fingerprint density at radius 3 is 2.44 bits per heavy atom. The van der Waals surface area contributed by atoms with Crippen molar-refractivity contribution < 1.29 is 5.11 Å². The average molecular weight is 243 g/mol. The van der Waals surface area contributed by atoms with Gasteiger partial charge in [0.25, 0.3) is 0 Å². The Labute approximate surface area is 109 Å². The van der Waals surface area contributed by atoms with Crippen LogP contribution >= 0.6 is 0 Å². The first-order chi connectivity index (χ1) is 8.61. The first-order valence-corrected chi connectivity index (χ1v) is 6.58. The van der Waals surface area contributed by atoms with E-state index in [1.165, 1.54) is 5.71 Å². The van der Waals surface area contributed by atoms with Gasteiger partial charge in [-0.2, -0.15) is 0 Å². The molecule has 1 saturated carbocycles. The lowest BCUT2D eigenvalue weighted by Gasteiger charge is -2.06. The normalized spacial score (nSPS) is 24.4. The molecule has 2 nitrogen and oxygen atoms in total. The van der Waals surface area contributed by atoms with Crippen molar-refractivity contribution in [2.45, 2.75) is 33.6 Å². The molecule has 1 aromatic rings. The number of allylic oxidation sites excluding steroid dienone is 1. The minimum atomic E-state index is 0.727. The van der Waals surface area contributed by atoms with E-state index < -0.39 is 0 Å². The summed E-state index contributed by atoms with van der Waals surface area (Å²) in [7, 11) is 0. The number of aliphatic hydroxyl groups is 1. The van der Waals surface area contributed by atoms with Gasteiger partial charge in [-0.3, -0.25) is 4.99 Å². The van der Waals surface area contributed by atoms with Gasteiger partial charge < -0.3 is 5.11 Å². The third kappa shape index (κ3) is 2.63. The van der Waals surface area contributed by atoms with Crippen molar-refractivity contribution in [2.75, 3.05) is 0 Å². The minimum absolute atomic E-state index is 0.727. The van der Waals surface area contributed by atoms with Crippen LogP contribution in [-0.2, 0) is 0 Å². The maximum atomic E-state index is 9.15. The highest BCUT2D eigenvalue weighted by Gasteiger charge is 2.24. The van der Waals surface area contributed by atoms with Gasteiger partial charge in [0.1, 0.15) is 0 Å². The standard InChI is InChI=1S/C16H21NO/c1-11-8-14(9-12(11)2)17-16-7-5-4-6-15(16)13(3)10-18/h4-7,10-12,18H,8-9H2,1-3H3. The van der Waals surface area contributed by atoms with Crippen molar-refractivity contribution >= 4 is 17.0 Å². The zero-order valence-corrected chi connectivity index (χ0v) is 11.4. The first-order valence-electron chi connectivity index (χ1n) is 6.58. The molecule has 1 aliphatic carbocycles. The molecule has 0 aliphatic heterocycles. The number of benzene rings is 1. The van der Waals surface area contributed by atoms with Gasteiger partial charge in [-0.05, 0) is 43.2 Å². The molecule has 0 amide bonds. The zero-order valence-electron chi connectivity index (χ0n) is 11.4. The van der Waals surface area contributed by atoms with Crippen LogP contribution in [0, 0.1) is 11.8 Å². The number of nitrogens with zero attached hydrogens (tertiary/aromatic N) is 1. The smallest absolute Gasteiger partial charge is 0.0827 e. The summed E-state index contributed by atoms with van der Waals surface area (Å²) in [5.41, 5.74) is 4.12. The van der Waals surface area contributed by atoms with Gasteiger partial charge in [-0.15, -0.1) is 0 Å². The van der Waals surface area contributed by atoms with Crippen molar-refractivity contribution in [3.8, 4) is 0 Å². The summed E-state index contributed by atoms with van der Waals surface area (Å²) in [6.07, 6.45) is 3.34. The second-order valence-electron chi connectivity index (χ2n) is 5.37. The van der Waals surface area contributed by atoms with Gasteiger partial charge in [0.2, 0.25) is 0 Å². The van der Waals surface area contributed by atoms with Gasteiger partial charge in [0.15, 0.2) is 0 Å². The summed E-state index contributed by atoms with van der Waals surface area (Å²) in [5.74, 6) is 1.45. The van der Waals surface area contributed by atoms with Gasteiger partial charge in [0, 0.05) is 11.3 Å². The van der Waals surface area contributed by atoms with Crippen molar-refractivity contribution in [1.29, 1.82) is 0 Å². The first kappa shape index (κ1) is 12.9. The quantitative estimate of drug-likeness (QED) is 0.747. The fraction of sp³-hybridized carbons (Fsp3) is 0.438. The summed E-state index contributed by atoms with van der Waals surface area (Å²) >= 11 is 0. The molecule has 0 bridgehead atoms. The van der Waals surface area contributed by atoms with Crippen molar-refractivity contribution in [3.05, 3.63) is 36.1 Å². The fourth-order valence-corrected chi connectivity index (χ4v) is 2.46. The Morgan fingerprint density at radius 2 is 1.83 bits per heavy atom. The molecule has 1 aliphatic rings. The fourth-order valence-electron chi connectivity index (χ4n) is 2.46. The molecule has 1 N–H and O–H groups in total. The van der Waals surface area contributed by atoms with E-state index in [1.807, 2.05) is 31.2 Å². The summed E-state index contributed by atoms with van der Waals surface area (Å²) in [5, 5.41) is 9.15. The van der Waals surface area contributed by atoms with E-state index in [1.54, 1.807) is 0 Å². The van der Waals surface area contributed by atoms with E-state index in [4.69, 9.17) is 10.1 Å². The van der Waals surface area contributed by atoms with Gasteiger partial charge >= 0.3 is 0 Å². The largest absolute Gasteiger partial charge is 0.515 e. The number of aliphatic imine (C=N–C) groups is 1. The van der Waals surface area contributed by atoms with Crippen LogP contribution in [0.1, 0.15) is 39.2 Å². The van der Waals surface area contributed by atoms with E-state index >= 15 is 0 Å². The van der Waals surface area contributed by atoms with Crippen molar-refractivity contribution in [3.63, 3.8) is 0 Å². The predicted octanol–water partition coefficient (Wildman–Crippen LogP) is 4.74. The van der Waals surface area contributed by atoms with Gasteiger partial charge in [-0.1, -0.05) is 32.0 Å². The molecular formula is C16H21NO. The molecule has 2 heteroatoms. The van der Waals surface area contributed by atoms with Crippen LogP contribution in [0.25, 0.3) is 5.57 Å². The Hall–Kier alpha value is -1.57. The second-order valence-corrected chi connectivity index (χ2v) is 5.37. The van der Waals surface area contributed by atoms with Crippen LogP contribution in [0.4, 0.5) is 5.69 Å². The molecule has 1 aromatic carbocycles. The topological polar surface area (TPSA) is 32.6 Å². The van der Waals surface area contributed by atoms with Crippen molar-refractivity contribution in [1.82, 2.24) is 0 Å². The lowest BCUT2D eigenvalue weighted by Crippen LogP contribution is -1.95. The van der Waals surface area contributed by atoms with E-state index in [0.29, 0.717) is 0 Å². The molecule has 0 spiro atoms. The van der Waals surface area contributed by atoms with Crippen LogP contribution in [0.3, 0.4) is 0 Å². The van der Waals surface area contributed by atoms with Crippen molar-refractivity contribution in [2.24, 2.45) is 16.8 Å². The van der Waals surface area contributed by atoms with E-state index in [-0.39, 0.29) is 0 Å². The summed E-state index contributed by atoms with van der Waals surface area (Å²) in [6, 6.07) is 7.99. The zero-order chi connectivity index (χ0) is 13.1. The molecule has 0 aromatic heterocycles. The molecule has 0 heterocycles. The molecule has 2 atom stereocenters. The van der Waals surface area contributed by atoms with Crippen LogP contribution < -0.4 is 0 Å². The lowest BCUT2D eigenvalue weighted by atomic mass is 10.0. The van der Waals surface area contributed by atoms with Crippen LogP contribution in [0.5, 0.6) is 0 Å². The predicted molar refractivity (Wildman–Crippen MR) is 77.4 cm³/mol. The number of hydrogen-bond acceptors (Lipinski definition) is 2. The lowest BCUT2D eigenvalue weighted by molar-refractivity contribution is 0.457. The number of rotatable bonds is 2. The summed E-state index contributed by atoms with van der Waals surface area (Å²) < 4.78 is 0. The highest BCUT2D eigenvalue weighted by Crippen LogP contribution is 2.32. The average Bonchev–Trinajstić information content (AvgIpc) is 2.68. The monoisotopic (exact) mass is 243 g/mol. The Bertz CT molecular complexity index is 476. The summed E-state index contributed by atoms with van der Waals surface area (Å²) in [6.45, 7) is 6.48. The molecule has 0 saturated heterocycles. The number of aliphatic hydroxyl groups excluding tert-OH is 1. The highest BCUT2D eigenvalue weighted by atomic mass is 16.2. The van der Waals surface area contributed by atoms with E-state index in [2.05, 4.69) is 13.8 Å². The Morgan fingerprint density at radius 1 is 1.22 bits per heavy atom. The molecule has 18 heavy (non-hydrogen) atoms. The van der Waals surface area contributed by atoms with Gasteiger partial charge in [0.05, 0.1) is 11.9 Å². The third-order valence-corrected chi connectivity index (χ3v) is 3.89. The van der Waals surface area contributed by atoms with Crippen LogP contribution in [-0.4, -0.2) is 10.8 Å². The van der Waals surface area contributed by atoms with Gasteiger partial charge in [-0.25, -0.2) is 0 Å². The van der Waals surface area contributed by atoms with Crippen LogP contribution in [0.15, 0.2) is 35.5 Å². The van der Waals surface area contributed by atoms with E-state index in [9.17, 15) is 0 Å². The minimum Gasteiger partial charge on any atom is -0.515 e.